The largest absolute Gasteiger partial charge is 0.512 e. The molecule has 0 saturated carbocycles. The summed E-state index contributed by atoms with van der Waals surface area (Å²) in [6.07, 6.45) is 4.90. The molecule has 4 nitrogen and oxygen atoms in total. The Kier molecular flexibility index (Phi) is 9.95. The summed E-state index contributed by atoms with van der Waals surface area (Å²) in [6.45, 7) is 14.2. The number of aromatic nitrogens is 2. The zero-order valence-corrected chi connectivity index (χ0v) is 23.0. The van der Waals surface area contributed by atoms with Gasteiger partial charge in [0, 0.05) is 50.1 Å². The fraction of sp³-hybridized carbons (Fsp3) is 0.280. The Morgan fingerprint density at radius 2 is 1.75 bits per heavy atom. The Bertz CT molecular complexity index is 1070. The maximum absolute atomic E-state index is 13.2. The van der Waals surface area contributed by atoms with Crippen LogP contribution in [0.25, 0.3) is 17.1 Å². The summed E-state index contributed by atoms with van der Waals surface area (Å²) in [5.74, 6) is 0.429. The van der Waals surface area contributed by atoms with Crippen LogP contribution in [-0.2, 0) is 24.9 Å². The van der Waals surface area contributed by atoms with Crippen molar-refractivity contribution >= 4 is 19.0 Å². The number of rotatable bonds is 4. The molecule has 7 heteroatoms. The van der Waals surface area contributed by atoms with E-state index in [0.29, 0.717) is 0 Å². The summed E-state index contributed by atoms with van der Waals surface area (Å²) in [7, 11) is -1.36. The molecule has 0 fully saturated rings. The first-order chi connectivity index (χ1) is 14.4. The van der Waals surface area contributed by atoms with Crippen LogP contribution in [-0.4, -0.2) is 28.5 Å². The van der Waals surface area contributed by atoms with Crippen LogP contribution in [0.4, 0.5) is 4.39 Å². The third kappa shape index (κ3) is 7.36. The van der Waals surface area contributed by atoms with E-state index in [9.17, 15) is 9.18 Å². The van der Waals surface area contributed by atoms with Crippen LogP contribution < -0.4 is 5.19 Å². The molecule has 1 aromatic heterocycles. The molecule has 3 aromatic rings. The molecule has 0 saturated heterocycles. The summed E-state index contributed by atoms with van der Waals surface area (Å²) in [5.41, 5.74) is 4.39. The third-order valence-electron chi connectivity index (χ3n) is 4.67. The second-order valence-corrected chi connectivity index (χ2v) is 13.7. The van der Waals surface area contributed by atoms with E-state index in [1.807, 2.05) is 6.20 Å². The predicted octanol–water partition coefficient (Wildman–Crippen LogP) is 5.68. The SMILES string of the molecule is CC(=O)C=C(C)O.Cc1cc([Si](C)(C)C)cc(C)c1-n1ccnc1-c1[c-]cc(F)cc1.[Ir]. The van der Waals surface area contributed by atoms with Crippen molar-refractivity contribution in [3.05, 3.63) is 77.6 Å². The number of benzene rings is 2. The van der Waals surface area contributed by atoms with Gasteiger partial charge in [-0.2, -0.15) is 0 Å². The van der Waals surface area contributed by atoms with Gasteiger partial charge in [-0.05, 0) is 38.8 Å². The fourth-order valence-corrected chi connectivity index (χ4v) is 4.59. The topological polar surface area (TPSA) is 55.1 Å². The summed E-state index contributed by atoms with van der Waals surface area (Å²) in [5, 5.41) is 9.82. The molecule has 32 heavy (non-hydrogen) atoms. The molecule has 3 rings (SSSR count). The summed E-state index contributed by atoms with van der Waals surface area (Å²) < 4.78 is 15.3. The van der Waals surface area contributed by atoms with Gasteiger partial charge < -0.3 is 9.67 Å². The molecule has 173 valence electrons. The number of halogens is 1. The van der Waals surface area contributed by atoms with Gasteiger partial charge in [-0.15, -0.1) is 29.8 Å². The molecule has 1 heterocycles. The first-order valence-corrected chi connectivity index (χ1v) is 13.6. The maximum Gasteiger partial charge on any atom is 0.155 e. The van der Waals surface area contributed by atoms with Crippen molar-refractivity contribution in [3.63, 3.8) is 0 Å². The number of aryl methyl sites for hydroxylation is 2. The number of ketones is 1. The minimum atomic E-state index is -1.36. The Labute approximate surface area is 204 Å². The zero-order chi connectivity index (χ0) is 23.3. The van der Waals surface area contributed by atoms with Gasteiger partial charge in [0.15, 0.2) is 5.78 Å². The minimum Gasteiger partial charge on any atom is -0.512 e. The Hall–Kier alpha value is -2.34. The third-order valence-corrected chi connectivity index (χ3v) is 6.69. The number of hydrogen-bond donors (Lipinski definition) is 1. The first-order valence-electron chi connectivity index (χ1n) is 10.1. The van der Waals surface area contributed by atoms with Crippen molar-refractivity contribution in [1.82, 2.24) is 9.55 Å². The number of aliphatic hydroxyl groups is 1. The molecule has 0 amide bonds. The van der Waals surface area contributed by atoms with E-state index in [-0.39, 0.29) is 37.5 Å². The second kappa shape index (κ2) is 11.5. The van der Waals surface area contributed by atoms with E-state index in [1.165, 1.54) is 48.4 Å². The number of nitrogens with zero attached hydrogens (tertiary/aromatic N) is 2. The molecule has 0 spiro atoms. The van der Waals surface area contributed by atoms with Crippen LogP contribution in [0.2, 0.25) is 19.6 Å². The number of hydrogen-bond acceptors (Lipinski definition) is 3. The van der Waals surface area contributed by atoms with Gasteiger partial charge in [0.2, 0.25) is 0 Å². The van der Waals surface area contributed by atoms with Crippen molar-refractivity contribution in [3.8, 4) is 17.1 Å². The molecule has 0 bridgehead atoms. The molecule has 1 N–H and O–H groups in total. The van der Waals surface area contributed by atoms with E-state index >= 15 is 0 Å². The number of aliphatic hydroxyl groups excluding tert-OH is 1. The molecule has 0 atom stereocenters. The smallest absolute Gasteiger partial charge is 0.155 e. The Morgan fingerprint density at radius 1 is 1.16 bits per heavy atom. The van der Waals surface area contributed by atoms with Crippen molar-refractivity contribution in [2.24, 2.45) is 0 Å². The van der Waals surface area contributed by atoms with Gasteiger partial charge in [0.1, 0.15) is 0 Å². The molecular formula is C25H30FIrN2O2Si-. The maximum atomic E-state index is 13.2. The minimum absolute atomic E-state index is 0. The van der Waals surface area contributed by atoms with Crippen LogP contribution in [0.3, 0.4) is 0 Å². The van der Waals surface area contributed by atoms with Crippen LogP contribution in [0.15, 0.2) is 54.6 Å². The monoisotopic (exact) mass is 630 g/mol. The normalized spacial score (nSPS) is 11.3. The van der Waals surface area contributed by atoms with Gasteiger partial charge >= 0.3 is 0 Å². The average Bonchev–Trinajstić information content (AvgIpc) is 3.09. The van der Waals surface area contributed by atoms with E-state index in [1.54, 1.807) is 12.3 Å². The molecule has 1 radical (unpaired) electrons. The quantitative estimate of drug-likeness (QED) is 0.175. The van der Waals surface area contributed by atoms with Crippen molar-refractivity contribution in [1.29, 1.82) is 0 Å². The van der Waals surface area contributed by atoms with Gasteiger partial charge in [0.25, 0.3) is 0 Å². The molecule has 2 aromatic carbocycles. The summed E-state index contributed by atoms with van der Waals surface area (Å²) >= 11 is 0. The Balaban J connectivity index is 0.000000558. The van der Waals surface area contributed by atoms with Crippen LogP contribution >= 0.6 is 0 Å². The zero-order valence-electron chi connectivity index (χ0n) is 19.6. The second-order valence-electron chi connectivity index (χ2n) is 8.65. The van der Waals surface area contributed by atoms with E-state index in [2.05, 4.69) is 61.2 Å². The first kappa shape index (κ1) is 27.7. The van der Waals surface area contributed by atoms with E-state index in [0.717, 1.165) is 17.1 Å². The average molecular weight is 630 g/mol. The van der Waals surface area contributed by atoms with Crippen LogP contribution in [0.5, 0.6) is 0 Å². The number of carbonyl (C=O) groups is 1. The van der Waals surface area contributed by atoms with Gasteiger partial charge in [-0.3, -0.25) is 14.2 Å². The molecule has 0 aliphatic carbocycles. The number of imidazole rings is 1. The number of allylic oxidation sites excluding steroid dienone is 2. The summed E-state index contributed by atoms with van der Waals surface area (Å²) in [6, 6.07) is 12.1. The standard InChI is InChI=1S/C20H22FN2Si.C5H8O2.Ir/c1-14-12-18(24(3,4)5)13-15(2)19(14)23-11-10-22-20(23)16-6-8-17(21)9-7-16;1-4(6)3-5(2)7;/h6,8-13H,1-5H3;3,6H,1-2H3;/q-1;;. The molecule has 0 unspecified atom stereocenters. The number of carbonyl (C=O) groups excluding carboxylic acids is 1. The van der Waals surface area contributed by atoms with Gasteiger partial charge in [-0.25, -0.2) is 0 Å². The van der Waals surface area contributed by atoms with E-state index < -0.39 is 8.07 Å². The van der Waals surface area contributed by atoms with Crippen molar-refractivity contribution in [2.45, 2.75) is 47.3 Å². The van der Waals surface area contributed by atoms with Crippen molar-refractivity contribution < 1.29 is 34.4 Å². The summed E-state index contributed by atoms with van der Waals surface area (Å²) in [4.78, 5) is 14.5. The fourth-order valence-electron chi connectivity index (χ4n) is 3.29. The van der Waals surface area contributed by atoms with Crippen LogP contribution in [0.1, 0.15) is 25.0 Å². The van der Waals surface area contributed by atoms with Crippen LogP contribution in [0, 0.1) is 25.7 Å². The predicted molar refractivity (Wildman–Crippen MR) is 127 cm³/mol. The van der Waals surface area contributed by atoms with E-state index in [4.69, 9.17) is 5.11 Å². The van der Waals surface area contributed by atoms with Crippen molar-refractivity contribution in [2.75, 3.05) is 0 Å². The van der Waals surface area contributed by atoms with Gasteiger partial charge in [-0.1, -0.05) is 37.0 Å². The molecular weight excluding hydrogens is 600 g/mol. The molecule has 0 aliphatic rings. The Morgan fingerprint density at radius 3 is 2.16 bits per heavy atom. The van der Waals surface area contributed by atoms with Gasteiger partial charge in [0.05, 0.1) is 19.7 Å². The molecule has 0 aliphatic heterocycles.